The quantitative estimate of drug-likeness (QED) is 0.886. The van der Waals surface area contributed by atoms with Crippen LogP contribution in [-0.2, 0) is 0 Å². The number of rotatable bonds is 3. The Morgan fingerprint density at radius 3 is 2.95 bits per heavy atom. The molecule has 100 valence electrons. The molecule has 0 amide bonds. The molecule has 0 radical (unpaired) electrons. The van der Waals surface area contributed by atoms with E-state index < -0.39 is 0 Å². The van der Waals surface area contributed by atoms with Crippen LogP contribution in [-0.4, -0.2) is 37.9 Å². The highest BCUT2D eigenvalue weighted by molar-refractivity contribution is 5.49. The highest BCUT2D eigenvalue weighted by atomic mass is 16.7. The van der Waals surface area contributed by atoms with Crippen LogP contribution < -0.4 is 14.8 Å². The molecule has 1 saturated heterocycles. The van der Waals surface area contributed by atoms with Crippen molar-refractivity contribution in [1.29, 1.82) is 5.26 Å². The Morgan fingerprint density at radius 2 is 2.16 bits per heavy atom. The van der Waals surface area contributed by atoms with Gasteiger partial charge >= 0.3 is 0 Å². The molecule has 0 aromatic heterocycles. The molecule has 0 aliphatic carbocycles. The molecule has 1 aromatic carbocycles. The van der Waals surface area contributed by atoms with Gasteiger partial charge in [-0.3, -0.25) is 4.90 Å². The number of ether oxygens (including phenoxy) is 2. The molecular weight excluding hydrogens is 242 g/mol. The number of nitriles is 1. The van der Waals surface area contributed by atoms with Gasteiger partial charge in [0.25, 0.3) is 0 Å². The summed E-state index contributed by atoms with van der Waals surface area (Å²) in [6, 6.07) is 8.30. The summed E-state index contributed by atoms with van der Waals surface area (Å²) in [5, 5.41) is 12.4. The second-order valence-corrected chi connectivity index (χ2v) is 4.75. The number of hydrogen-bond acceptors (Lipinski definition) is 5. The molecule has 5 heteroatoms. The van der Waals surface area contributed by atoms with E-state index in [4.69, 9.17) is 14.7 Å². The van der Waals surface area contributed by atoms with Crippen LogP contribution in [0.5, 0.6) is 11.5 Å². The van der Waals surface area contributed by atoms with Gasteiger partial charge in [-0.1, -0.05) is 12.1 Å². The van der Waals surface area contributed by atoms with Gasteiger partial charge in [0.05, 0.1) is 18.5 Å². The van der Waals surface area contributed by atoms with Crippen LogP contribution in [0.3, 0.4) is 0 Å². The third-order valence-electron chi connectivity index (χ3n) is 3.66. The second kappa shape index (κ2) is 5.47. The van der Waals surface area contributed by atoms with E-state index in [-0.39, 0.29) is 12.8 Å². The van der Waals surface area contributed by atoms with Crippen molar-refractivity contribution in [2.45, 2.75) is 12.5 Å². The minimum atomic E-state index is 0.0868. The van der Waals surface area contributed by atoms with Crippen molar-refractivity contribution in [3.63, 3.8) is 0 Å². The summed E-state index contributed by atoms with van der Waals surface area (Å²) in [6.07, 6.45) is 0.472. The van der Waals surface area contributed by atoms with Gasteiger partial charge in [0.2, 0.25) is 6.79 Å². The zero-order valence-electron chi connectivity index (χ0n) is 10.8. The van der Waals surface area contributed by atoms with Crippen molar-refractivity contribution in [1.82, 2.24) is 10.2 Å². The maximum absolute atomic E-state index is 9.11. The van der Waals surface area contributed by atoms with Crippen LogP contribution in [0.2, 0.25) is 0 Å². The highest BCUT2D eigenvalue weighted by Gasteiger charge is 2.28. The molecule has 2 heterocycles. The lowest BCUT2D eigenvalue weighted by Crippen LogP contribution is -2.45. The van der Waals surface area contributed by atoms with Crippen molar-refractivity contribution < 1.29 is 9.47 Å². The van der Waals surface area contributed by atoms with E-state index in [9.17, 15) is 0 Å². The molecule has 19 heavy (non-hydrogen) atoms. The van der Waals surface area contributed by atoms with Crippen molar-refractivity contribution in [2.75, 3.05) is 33.0 Å². The molecule has 1 N–H and O–H groups in total. The zero-order valence-corrected chi connectivity index (χ0v) is 10.8. The molecule has 0 bridgehead atoms. The fourth-order valence-corrected chi connectivity index (χ4v) is 2.73. The maximum atomic E-state index is 9.11. The average molecular weight is 259 g/mol. The summed E-state index contributed by atoms with van der Waals surface area (Å²) in [6.45, 7) is 4.11. The van der Waals surface area contributed by atoms with E-state index >= 15 is 0 Å². The second-order valence-electron chi connectivity index (χ2n) is 4.75. The minimum Gasteiger partial charge on any atom is -0.454 e. The van der Waals surface area contributed by atoms with Crippen LogP contribution in [0, 0.1) is 11.3 Å². The Labute approximate surface area is 112 Å². The van der Waals surface area contributed by atoms with Crippen molar-refractivity contribution in [3.8, 4) is 17.6 Å². The Hall–Kier alpha value is -1.77. The summed E-state index contributed by atoms with van der Waals surface area (Å²) >= 11 is 0. The summed E-state index contributed by atoms with van der Waals surface area (Å²) < 4.78 is 11.0. The number of para-hydroxylation sites is 1. The number of piperazine rings is 1. The number of benzene rings is 1. The summed E-state index contributed by atoms with van der Waals surface area (Å²) in [4.78, 5) is 2.34. The average Bonchev–Trinajstić information content (AvgIpc) is 2.94. The van der Waals surface area contributed by atoms with Crippen molar-refractivity contribution in [3.05, 3.63) is 23.8 Å². The Balaban J connectivity index is 1.91. The number of fused-ring (bicyclic) bond motifs is 1. The van der Waals surface area contributed by atoms with Crippen LogP contribution in [0.4, 0.5) is 0 Å². The third kappa shape index (κ3) is 2.37. The van der Waals surface area contributed by atoms with Crippen LogP contribution in [0.1, 0.15) is 18.0 Å². The SMILES string of the molecule is N#CC[C@H](c1cccc2c1OCO2)N1CCNCC1. The van der Waals surface area contributed by atoms with Gasteiger partial charge in [0.15, 0.2) is 11.5 Å². The Kier molecular flexibility index (Phi) is 3.53. The van der Waals surface area contributed by atoms with E-state index in [1.54, 1.807) is 0 Å². The lowest BCUT2D eigenvalue weighted by molar-refractivity contribution is 0.159. The first-order valence-electron chi connectivity index (χ1n) is 6.60. The maximum Gasteiger partial charge on any atom is 0.231 e. The van der Waals surface area contributed by atoms with E-state index in [1.165, 1.54) is 0 Å². The number of nitrogens with one attached hydrogen (secondary N) is 1. The van der Waals surface area contributed by atoms with Gasteiger partial charge in [-0.25, -0.2) is 0 Å². The third-order valence-corrected chi connectivity index (χ3v) is 3.66. The summed E-state index contributed by atoms with van der Waals surface area (Å²) in [5.41, 5.74) is 1.07. The lowest BCUT2D eigenvalue weighted by atomic mass is 10.00. The first-order chi connectivity index (χ1) is 9.40. The molecule has 1 aromatic rings. The molecule has 1 fully saturated rings. The van der Waals surface area contributed by atoms with Crippen LogP contribution >= 0.6 is 0 Å². The van der Waals surface area contributed by atoms with Gasteiger partial charge in [-0.05, 0) is 6.07 Å². The van der Waals surface area contributed by atoms with Gasteiger partial charge < -0.3 is 14.8 Å². The minimum absolute atomic E-state index is 0.0868. The molecule has 5 nitrogen and oxygen atoms in total. The Bertz CT molecular complexity index is 492. The fourth-order valence-electron chi connectivity index (χ4n) is 2.73. The molecule has 0 unspecified atom stereocenters. The van der Waals surface area contributed by atoms with Crippen LogP contribution in [0.25, 0.3) is 0 Å². The smallest absolute Gasteiger partial charge is 0.231 e. The van der Waals surface area contributed by atoms with Gasteiger partial charge in [-0.15, -0.1) is 0 Å². The molecule has 3 rings (SSSR count). The predicted molar refractivity (Wildman–Crippen MR) is 70.0 cm³/mol. The zero-order chi connectivity index (χ0) is 13.1. The van der Waals surface area contributed by atoms with Crippen LogP contribution in [0.15, 0.2) is 18.2 Å². The fraction of sp³-hybridized carbons (Fsp3) is 0.500. The largest absolute Gasteiger partial charge is 0.454 e. The van der Waals surface area contributed by atoms with E-state index in [0.29, 0.717) is 6.42 Å². The predicted octanol–water partition coefficient (Wildman–Crippen LogP) is 1.28. The number of hydrogen-bond donors (Lipinski definition) is 1. The normalized spacial score (nSPS) is 19.9. The van der Waals surface area contributed by atoms with Crippen molar-refractivity contribution >= 4 is 0 Å². The summed E-state index contributed by atoms with van der Waals surface area (Å²) in [5.74, 6) is 1.59. The molecule has 0 saturated carbocycles. The number of nitrogens with zero attached hydrogens (tertiary/aromatic N) is 2. The highest BCUT2D eigenvalue weighted by Crippen LogP contribution is 2.41. The monoisotopic (exact) mass is 259 g/mol. The molecule has 0 spiro atoms. The molecule has 1 atom stereocenters. The molecule has 2 aliphatic heterocycles. The first-order valence-corrected chi connectivity index (χ1v) is 6.60. The molecule has 2 aliphatic rings. The van der Waals surface area contributed by atoms with E-state index in [0.717, 1.165) is 43.2 Å². The standard InChI is InChI=1S/C14H17N3O2/c15-5-4-12(17-8-6-16-7-9-17)11-2-1-3-13-14(11)19-10-18-13/h1-3,12,16H,4,6-10H2/t12-/m1/s1. The van der Waals surface area contributed by atoms with E-state index in [1.807, 2.05) is 18.2 Å². The van der Waals surface area contributed by atoms with Gasteiger partial charge in [0, 0.05) is 31.7 Å². The first kappa shape index (κ1) is 12.3. The molecular formula is C14H17N3O2. The summed E-state index contributed by atoms with van der Waals surface area (Å²) in [7, 11) is 0. The lowest BCUT2D eigenvalue weighted by Gasteiger charge is -2.34. The Morgan fingerprint density at radius 1 is 1.32 bits per heavy atom. The van der Waals surface area contributed by atoms with Gasteiger partial charge in [-0.2, -0.15) is 5.26 Å². The topological polar surface area (TPSA) is 57.5 Å². The van der Waals surface area contributed by atoms with Gasteiger partial charge in [0.1, 0.15) is 0 Å². The van der Waals surface area contributed by atoms with Crippen molar-refractivity contribution in [2.24, 2.45) is 0 Å². The van der Waals surface area contributed by atoms with E-state index in [2.05, 4.69) is 16.3 Å².